The average molecular weight is 258 g/mol. The molecule has 2 rings (SSSR count). The zero-order chi connectivity index (χ0) is 13.7. The molecule has 0 unspecified atom stereocenters. The average Bonchev–Trinajstić information content (AvgIpc) is 3.26. The zero-order valence-corrected chi connectivity index (χ0v) is 11.1. The van der Waals surface area contributed by atoms with E-state index in [0.29, 0.717) is 23.7 Å². The molecule has 1 aromatic rings. The van der Waals surface area contributed by atoms with E-state index in [9.17, 15) is 4.79 Å². The van der Waals surface area contributed by atoms with Crippen molar-refractivity contribution in [2.24, 2.45) is 5.92 Å². The molecule has 4 heteroatoms. The summed E-state index contributed by atoms with van der Waals surface area (Å²) in [6.07, 6.45) is 4.03. The van der Waals surface area contributed by atoms with E-state index < -0.39 is 0 Å². The Morgan fingerprint density at radius 1 is 1.53 bits per heavy atom. The van der Waals surface area contributed by atoms with Gasteiger partial charge in [0.15, 0.2) is 0 Å². The molecule has 1 aromatic heterocycles. The van der Waals surface area contributed by atoms with E-state index in [4.69, 9.17) is 5.11 Å². The minimum Gasteiger partial charge on any atom is -0.384 e. The van der Waals surface area contributed by atoms with Gasteiger partial charge in [0.25, 0.3) is 5.91 Å². The first-order valence-corrected chi connectivity index (χ1v) is 6.59. The summed E-state index contributed by atoms with van der Waals surface area (Å²) >= 11 is 0. The molecule has 4 nitrogen and oxygen atoms in total. The number of carbonyl (C=O) groups is 1. The van der Waals surface area contributed by atoms with Gasteiger partial charge >= 0.3 is 0 Å². The van der Waals surface area contributed by atoms with Gasteiger partial charge in [0.1, 0.15) is 12.3 Å². The fraction of sp³-hybridized carbons (Fsp3) is 0.467. The minimum absolute atomic E-state index is 0.0175. The molecule has 1 amide bonds. The highest BCUT2D eigenvalue weighted by molar-refractivity contribution is 5.92. The zero-order valence-electron chi connectivity index (χ0n) is 11.1. The second kappa shape index (κ2) is 6.35. The largest absolute Gasteiger partial charge is 0.384 e. The Labute approximate surface area is 113 Å². The summed E-state index contributed by atoms with van der Waals surface area (Å²) in [6, 6.07) is 3.45. The number of hydrogen-bond acceptors (Lipinski definition) is 3. The first-order valence-electron chi connectivity index (χ1n) is 6.59. The van der Waals surface area contributed by atoms with Crippen LogP contribution >= 0.6 is 0 Å². The Kier molecular flexibility index (Phi) is 4.53. The van der Waals surface area contributed by atoms with Crippen molar-refractivity contribution in [3.05, 3.63) is 29.6 Å². The van der Waals surface area contributed by atoms with Crippen LogP contribution in [-0.4, -0.2) is 40.6 Å². The first kappa shape index (κ1) is 13.6. The number of nitrogens with zero attached hydrogens (tertiary/aromatic N) is 2. The lowest BCUT2D eigenvalue weighted by molar-refractivity contribution is 0.0751. The molecule has 1 aliphatic rings. The smallest absolute Gasteiger partial charge is 0.272 e. The number of pyridine rings is 1. The van der Waals surface area contributed by atoms with Crippen molar-refractivity contribution in [2.75, 3.05) is 19.7 Å². The quantitative estimate of drug-likeness (QED) is 0.828. The number of carbonyl (C=O) groups excluding carboxylic acids is 1. The van der Waals surface area contributed by atoms with Crippen LogP contribution in [0, 0.1) is 17.8 Å². The molecule has 0 aliphatic heterocycles. The van der Waals surface area contributed by atoms with Crippen molar-refractivity contribution in [2.45, 2.75) is 19.8 Å². The molecule has 0 bridgehead atoms. The lowest BCUT2D eigenvalue weighted by atomic mass is 10.2. The third kappa shape index (κ3) is 3.80. The Bertz CT molecular complexity index is 495. The van der Waals surface area contributed by atoms with E-state index >= 15 is 0 Å². The van der Waals surface area contributed by atoms with Crippen molar-refractivity contribution in [3.8, 4) is 11.8 Å². The molecule has 0 radical (unpaired) electrons. The second-order valence-corrected chi connectivity index (χ2v) is 4.68. The molecule has 1 N–H and O–H groups in total. The van der Waals surface area contributed by atoms with E-state index in [-0.39, 0.29) is 12.5 Å². The van der Waals surface area contributed by atoms with Crippen molar-refractivity contribution < 1.29 is 9.90 Å². The van der Waals surface area contributed by atoms with Gasteiger partial charge in [0.05, 0.1) is 0 Å². The monoisotopic (exact) mass is 258 g/mol. The standard InChI is InChI=1S/C15H18N2O2/c1-2-17(11-13-5-6-13)15(19)14-8-7-12(10-16-14)4-3-9-18/h7-8,10,13,18H,2,5-6,9,11H2,1H3. The highest BCUT2D eigenvalue weighted by Crippen LogP contribution is 2.29. The normalized spacial score (nSPS) is 13.6. The Morgan fingerprint density at radius 2 is 2.32 bits per heavy atom. The van der Waals surface area contributed by atoms with Gasteiger partial charge in [-0.3, -0.25) is 4.79 Å². The van der Waals surface area contributed by atoms with Crippen molar-refractivity contribution in [1.29, 1.82) is 0 Å². The summed E-state index contributed by atoms with van der Waals surface area (Å²) in [4.78, 5) is 18.3. The van der Waals surface area contributed by atoms with Gasteiger partial charge in [-0.1, -0.05) is 11.8 Å². The van der Waals surface area contributed by atoms with Crippen LogP contribution in [0.5, 0.6) is 0 Å². The molecule has 0 atom stereocenters. The number of aliphatic hydroxyl groups excluding tert-OH is 1. The molecular weight excluding hydrogens is 240 g/mol. The Morgan fingerprint density at radius 3 is 2.84 bits per heavy atom. The summed E-state index contributed by atoms with van der Waals surface area (Å²) < 4.78 is 0. The molecule has 1 saturated carbocycles. The first-order chi connectivity index (χ1) is 9.24. The number of amides is 1. The molecule has 0 aromatic carbocycles. The SMILES string of the molecule is CCN(CC1CC1)C(=O)c1ccc(C#CCO)cn1. The highest BCUT2D eigenvalue weighted by Gasteiger charge is 2.26. The lowest BCUT2D eigenvalue weighted by Crippen LogP contribution is -2.33. The molecule has 1 fully saturated rings. The van der Waals surface area contributed by atoms with E-state index in [1.54, 1.807) is 18.3 Å². The van der Waals surface area contributed by atoms with Crippen LogP contribution in [0.3, 0.4) is 0 Å². The fourth-order valence-corrected chi connectivity index (χ4v) is 1.87. The summed E-state index contributed by atoms with van der Waals surface area (Å²) in [5.74, 6) is 5.97. The maximum Gasteiger partial charge on any atom is 0.272 e. The topological polar surface area (TPSA) is 53.4 Å². The number of hydrogen-bond donors (Lipinski definition) is 1. The van der Waals surface area contributed by atoms with Crippen molar-refractivity contribution in [3.63, 3.8) is 0 Å². The maximum absolute atomic E-state index is 12.3. The van der Waals surface area contributed by atoms with Crippen molar-refractivity contribution in [1.82, 2.24) is 9.88 Å². The van der Waals surface area contributed by atoms with Gasteiger partial charge in [-0.15, -0.1) is 0 Å². The predicted octanol–water partition coefficient (Wildman–Crippen LogP) is 1.30. The summed E-state index contributed by atoms with van der Waals surface area (Å²) in [5, 5.41) is 8.61. The van der Waals surface area contributed by atoms with Gasteiger partial charge in [-0.2, -0.15) is 0 Å². The molecule has 100 valence electrons. The predicted molar refractivity (Wildman–Crippen MR) is 72.5 cm³/mol. The minimum atomic E-state index is -0.175. The van der Waals surface area contributed by atoms with E-state index in [0.717, 1.165) is 6.54 Å². The molecular formula is C15H18N2O2. The molecule has 19 heavy (non-hydrogen) atoms. The summed E-state index contributed by atoms with van der Waals surface area (Å²) in [6.45, 7) is 3.36. The van der Waals surface area contributed by atoms with Gasteiger partial charge in [-0.05, 0) is 37.8 Å². The maximum atomic E-state index is 12.3. The molecule has 1 heterocycles. The molecule has 0 spiro atoms. The van der Waals surface area contributed by atoms with E-state index in [2.05, 4.69) is 16.8 Å². The van der Waals surface area contributed by atoms with Crippen LogP contribution in [0.4, 0.5) is 0 Å². The second-order valence-electron chi connectivity index (χ2n) is 4.68. The van der Waals surface area contributed by atoms with Crippen LogP contribution in [-0.2, 0) is 0 Å². The van der Waals surface area contributed by atoms with Crippen LogP contribution in [0.15, 0.2) is 18.3 Å². The molecule has 1 aliphatic carbocycles. The highest BCUT2D eigenvalue weighted by atomic mass is 16.2. The van der Waals surface area contributed by atoms with Gasteiger partial charge in [-0.25, -0.2) is 4.98 Å². The van der Waals surface area contributed by atoms with E-state index in [1.807, 2.05) is 11.8 Å². The number of aliphatic hydroxyl groups is 1. The van der Waals surface area contributed by atoms with Crippen molar-refractivity contribution >= 4 is 5.91 Å². The van der Waals surface area contributed by atoms with E-state index in [1.165, 1.54) is 12.8 Å². The number of aromatic nitrogens is 1. The van der Waals surface area contributed by atoms with Crippen LogP contribution in [0.1, 0.15) is 35.8 Å². The third-order valence-electron chi connectivity index (χ3n) is 3.14. The fourth-order valence-electron chi connectivity index (χ4n) is 1.87. The summed E-state index contributed by atoms with van der Waals surface area (Å²) in [7, 11) is 0. The lowest BCUT2D eigenvalue weighted by Gasteiger charge is -2.20. The Hall–Kier alpha value is -1.86. The van der Waals surface area contributed by atoms with Gasteiger partial charge in [0.2, 0.25) is 0 Å². The third-order valence-corrected chi connectivity index (χ3v) is 3.14. The van der Waals surface area contributed by atoms with Gasteiger partial charge < -0.3 is 10.0 Å². The Balaban J connectivity index is 2.04. The molecule has 0 saturated heterocycles. The van der Waals surface area contributed by atoms with Gasteiger partial charge in [0, 0.05) is 24.8 Å². The van der Waals surface area contributed by atoms with Crippen LogP contribution in [0.2, 0.25) is 0 Å². The van der Waals surface area contributed by atoms with Crippen LogP contribution < -0.4 is 0 Å². The number of rotatable bonds is 4. The van der Waals surface area contributed by atoms with Crippen LogP contribution in [0.25, 0.3) is 0 Å². The summed E-state index contributed by atoms with van der Waals surface area (Å²) in [5.41, 5.74) is 1.16.